The standard InChI is InChI=1S/C13H17N3O3/c1-3-4-10(2)14-15-13(17)9-11-5-7-12(8-6-11)16(18)19/h5-8H,3-4,9H2,1-2H3,(H,15,17). The summed E-state index contributed by atoms with van der Waals surface area (Å²) in [6.45, 7) is 3.90. The van der Waals surface area contributed by atoms with Gasteiger partial charge in [-0.2, -0.15) is 5.10 Å². The van der Waals surface area contributed by atoms with Crippen molar-refractivity contribution in [2.24, 2.45) is 5.10 Å². The smallest absolute Gasteiger partial charge is 0.269 e. The number of nitrogens with one attached hydrogen (secondary N) is 1. The molecule has 0 aliphatic rings. The van der Waals surface area contributed by atoms with E-state index in [2.05, 4.69) is 10.5 Å². The monoisotopic (exact) mass is 263 g/mol. The lowest BCUT2D eigenvalue weighted by atomic mass is 10.1. The third kappa shape index (κ3) is 5.29. The number of benzene rings is 1. The Morgan fingerprint density at radius 2 is 2.00 bits per heavy atom. The summed E-state index contributed by atoms with van der Waals surface area (Å²) < 4.78 is 0. The van der Waals surface area contributed by atoms with Crippen LogP contribution in [-0.2, 0) is 11.2 Å². The molecule has 0 heterocycles. The second-order valence-corrected chi connectivity index (χ2v) is 4.23. The molecule has 1 aromatic rings. The molecule has 0 saturated carbocycles. The highest BCUT2D eigenvalue weighted by Gasteiger charge is 2.06. The Labute approximate surface area is 111 Å². The Morgan fingerprint density at radius 3 is 2.53 bits per heavy atom. The molecule has 1 rings (SSSR count). The molecular weight excluding hydrogens is 246 g/mol. The lowest BCUT2D eigenvalue weighted by Crippen LogP contribution is -2.21. The van der Waals surface area contributed by atoms with E-state index in [1.165, 1.54) is 12.1 Å². The third-order valence-corrected chi connectivity index (χ3v) is 2.50. The molecule has 0 saturated heterocycles. The second kappa shape index (κ2) is 7.25. The lowest BCUT2D eigenvalue weighted by Gasteiger charge is -2.02. The highest BCUT2D eigenvalue weighted by atomic mass is 16.6. The van der Waals surface area contributed by atoms with Crippen molar-refractivity contribution in [1.29, 1.82) is 0 Å². The van der Waals surface area contributed by atoms with Crippen LogP contribution in [0.3, 0.4) is 0 Å². The van der Waals surface area contributed by atoms with Crippen LogP contribution >= 0.6 is 0 Å². The number of nitrogens with zero attached hydrogens (tertiary/aromatic N) is 2. The molecule has 0 fully saturated rings. The van der Waals surface area contributed by atoms with Gasteiger partial charge in [-0.05, 0) is 18.9 Å². The largest absolute Gasteiger partial charge is 0.273 e. The maximum Gasteiger partial charge on any atom is 0.269 e. The van der Waals surface area contributed by atoms with Gasteiger partial charge in [0.25, 0.3) is 5.69 Å². The quantitative estimate of drug-likeness (QED) is 0.486. The molecule has 1 N–H and O–H groups in total. The predicted octanol–water partition coefficient (Wildman–Crippen LogP) is 2.43. The van der Waals surface area contributed by atoms with Crippen molar-refractivity contribution in [3.63, 3.8) is 0 Å². The zero-order valence-corrected chi connectivity index (χ0v) is 11.0. The van der Waals surface area contributed by atoms with Gasteiger partial charge in [0.05, 0.1) is 11.3 Å². The van der Waals surface area contributed by atoms with Crippen LogP contribution in [-0.4, -0.2) is 16.5 Å². The van der Waals surface area contributed by atoms with Crippen molar-refractivity contribution in [3.05, 3.63) is 39.9 Å². The first-order chi connectivity index (χ1) is 9.02. The maximum atomic E-state index is 11.6. The molecule has 0 spiro atoms. The number of hydrazone groups is 1. The summed E-state index contributed by atoms with van der Waals surface area (Å²) >= 11 is 0. The third-order valence-electron chi connectivity index (χ3n) is 2.50. The summed E-state index contributed by atoms with van der Waals surface area (Å²) in [4.78, 5) is 21.6. The average Bonchev–Trinajstić information content (AvgIpc) is 2.37. The van der Waals surface area contributed by atoms with Crippen LogP contribution in [0.15, 0.2) is 29.4 Å². The molecule has 0 aliphatic heterocycles. The lowest BCUT2D eigenvalue weighted by molar-refractivity contribution is -0.384. The molecule has 6 heteroatoms. The number of carbonyl (C=O) groups is 1. The van der Waals surface area contributed by atoms with E-state index < -0.39 is 4.92 Å². The van der Waals surface area contributed by atoms with Gasteiger partial charge in [-0.15, -0.1) is 0 Å². The van der Waals surface area contributed by atoms with Crippen molar-refractivity contribution in [1.82, 2.24) is 5.43 Å². The molecule has 0 radical (unpaired) electrons. The van der Waals surface area contributed by atoms with Crippen molar-refractivity contribution >= 4 is 17.3 Å². The average molecular weight is 263 g/mol. The normalized spacial score (nSPS) is 11.2. The number of non-ortho nitro benzene ring substituents is 1. The maximum absolute atomic E-state index is 11.6. The summed E-state index contributed by atoms with van der Waals surface area (Å²) in [5.41, 5.74) is 4.07. The Hall–Kier alpha value is -2.24. The first kappa shape index (κ1) is 14.8. The minimum Gasteiger partial charge on any atom is -0.273 e. The van der Waals surface area contributed by atoms with Gasteiger partial charge in [0, 0.05) is 17.8 Å². The number of rotatable bonds is 6. The fourth-order valence-corrected chi connectivity index (χ4v) is 1.54. The SMILES string of the molecule is CCCC(C)=NNC(=O)Cc1ccc([N+](=O)[O-])cc1. The predicted molar refractivity (Wildman–Crippen MR) is 73.0 cm³/mol. The van der Waals surface area contributed by atoms with E-state index in [1.807, 2.05) is 13.8 Å². The Bertz CT molecular complexity index is 480. The molecule has 0 unspecified atom stereocenters. The summed E-state index contributed by atoms with van der Waals surface area (Å²) in [6.07, 6.45) is 1.98. The minimum atomic E-state index is -0.470. The molecule has 19 heavy (non-hydrogen) atoms. The molecule has 1 amide bonds. The van der Waals surface area contributed by atoms with E-state index in [4.69, 9.17) is 0 Å². The van der Waals surface area contributed by atoms with E-state index in [-0.39, 0.29) is 18.0 Å². The Morgan fingerprint density at radius 1 is 1.37 bits per heavy atom. The van der Waals surface area contributed by atoms with Gasteiger partial charge in [-0.25, -0.2) is 5.43 Å². The van der Waals surface area contributed by atoms with Crippen LogP contribution in [0, 0.1) is 10.1 Å². The van der Waals surface area contributed by atoms with Gasteiger partial charge in [-0.1, -0.05) is 25.5 Å². The van der Waals surface area contributed by atoms with Crippen LogP contribution in [0.2, 0.25) is 0 Å². The second-order valence-electron chi connectivity index (χ2n) is 4.23. The number of nitro groups is 1. The molecule has 6 nitrogen and oxygen atoms in total. The molecule has 0 atom stereocenters. The van der Waals surface area contributed by atoms with Crippen LogP contribution in [0.4, 0.5) is 5.69 Å². The van der Waals surface area contributed by atoms with Crippen molar-refractivity contribution in [3.8, 4) is 0 Å². The number of hydrogen-bond donors (Lipinski definition) is 1. The van der Waals surface area contributed by atoms with Crippen LogP contribution in [0.25, 0.3) is 0 Å². The van der Waals surface area contributed by atoms with Gasteiger partial charge in [-0.3, -0.25) is 14.9 Å². The summed E-state index contributed by atoms with van der Waals surface area (Å²) in [7, 11) is 0. The van der Waals surface area contributed by atoms with Crippen LogP contribution in [0.5, 0.6) is 0 Å². The topological polar surface area (TPSA) is 84.6 Å². The highest BCUT2D eigenvalue weighted by molar-refractivity contribution is 5.85. The highest BCUT2D eigenvalue weighted by Crippen LogP contribution is 2.12. The molecule has 0 aliphatic carbocycles. The summed E-state index contributed by atoms with van der Waals surface area (Å²) in [5, 5.41) is 14.4. The number of carbonyl (C=O) groups excluding carboxylic acids is 1. The molecule has 0 bridgehead atoms. The molecular formula is C13H17N3O3. The van der Waals surface area contributed by atoms with Crippen LogP contribution < -0.4 is 5.43 Å². The Balaban J connectivity index is 2.53. The molecule has 0 aromatic heterocycles. The van der Waals surface area contributed by atoms with Gasteiger partial charge in [0.2, 0.25) is 5.91 Å². The molecule has 102 valence electrons. The van der Waals surface area contributed by atoms with Crippen LogP contribution in [0.1, 0.15) is 32.3 Å². The fraction of sp³-hybridized carbons (Fsp3) is 0.385. The minimum absolute atomic E-state index is 0.0148. The van der Waals surface area contributed by atoms with Crippen molar-refractivity contribution < 1.29 is 9.72 Å². The van der Waals surface area contributed by atoms with Gasteiger partial charge < -0.3 is 0 Å². The number of hydrogen-bond acceptors (Lipinski definition) is 4. The Kier molecular flexibility index (Phi) is 5.66. The van der Waals surface area contributed by atoms with E-state index >= 15 is 0 Å². The number of amides is 1. The van der Waals surface area contributed by atoms with Gasteiger partial charge in [0.15, 0.2) is 0 Å². The fourth-order valence-electron chi connectivity index (χ4n) is 1.54. The molecule has 1 aromatic carbocycles. The van der Waals surface area contributed by atoms with E-state index in [9.17, 15) is 14.9 Å². The van der Waals surface area contributed by atoms with Crippen molar-refractivity contribution in [2.45, 2.75) is 33.1 Å². The van der Waals surface area contributed by atoms with Gasteiger partial charge >= 0.3 is 0 Å². The first-order valence-corrected chi connectivity index (χ1v) is 6.08. The number of nitro benzene ring substituents is 1. The van der Waals surface area contributed by atoms with Crippen molar-refractivity contribution in [2.75, 3.05) is 0 Å². The summed E-state index contributed by atoms with van der Waals surface area (Å²) in [6, 6.07) is 5.91. The summed E-state index contributed by atoms with van der Waals surface area (Å²) in [5.74, 6) is -0.232. The van der Waals surface area contributed by atoms with E-state index in [0.717, 1.165) is 18.6 Å². The van der Waals surface area contributed by atoms with Gasteiger partial charge in [0.1, 0.15) is 0 Å². The first-order valence-electron chi connectivity index (χ1n) is 6.08. The van der Waals surface area contributed by atoms with E-state index in [0.29, 0.717) is 5.56 Å². The zero-order valence-electron chi connectivity index (χ0n) is 11.0. The van der Waals surface area contributed by atoms with E-state index in [1.54, 1.807) is 12.1 Å². The zero-order chi connectivity index (χ0) is 14.3.